The Hall–Kier alpha value is -1.16. The predicted molar refractivity (Wildman–Crippen MR) is 59.4 cm³/mol. The third kappa shape index (κ3) is 2.45. The Balaban J connectivity index is 2.22. The van der Waals surface area contributed by atoms with Crippen LogP contribution in [0, 0.1) is 0 Å². The zero-order valence-corrected chi connectivity index (χ0v) is 9.86. The lowest BCUT2D eigenvalue weighted by atomic mass is 10.2. The summed E-state index contributed by atoms with van der Waals surface area (Å²) in [4.78, 5) is 0. The van der Waals surface area contributed by atoms with E-state index >= 15 is 0 Å². The lowest BCUT2D eigenvalue weighted by Gasteiger charge is -2.12. The van der Waals surface area contributed by atoms with Crippen molar-refractivity contribution in [3.05, 3.63) is 40.8 Å². The monoisotopic (exact) mass is 270 g/mol. The highest BCUT2D eigenvalue weighted by Gasteiger charge is 2.16. The van der Waals surface area contributed by atoms with Crippen molar-refractivity contribution < 1.29 is 14.2 Å². The van der Waals surface area contributed by atoms with Crippen LogP contribution in [0.2, 0.25) is 0 Å². The van der Waals surface area contributed by atoms with Gasteiger partial charge in [-0.1, -0.05) is 15.9 Å². The Bertz CT molecular complexity index is 368. The Morgan fingerprint density at radius 2 is 2.00 bits per heavy atom. The molecule has 0 amide bonds. The molecule has 0 fully saturated rings. The maximum Gasteiger partial charge on any atom is 0.266 e. The number of benzene rings is 1. The minimum absolute atomic E-state index is 0.360. The van der Waals surface area contributed by atoms with Gasteiger partial charge in [0, 0.05) is 10.0 Å². The molecular formula is C11H11BrO3. The molecule has 80 valence electrons. The molecular weight excluding hydrogens is 260 g/mol. The van der Waals surface area contributed by atoms with Gasteiger partial charge in [-0.2, -0.15) is 0 Å². The van der Waals surface area contributed by atoms with Crippen LogP contribution in [0.5, 0.6) is 5.75 Å². The molecule has 0 spiro atoms. The molecule has 0 saturated carbocycles. The van der Waals surface area contributed by atoms with E-state index < -0.39 is 0 Å². The van der Waals surface area contributed by atoms with E-state index in [1.54, 1.807) is 0 Å². The first-order valence-corrected chi connectivity index (χ1v) is 5.48. The molecule has 0 aromatic heterocycles. The SMILES string of the molecule is CCOc1cc(Br)cc(C2OC=CO2)c1. The quantitative estimate of drug-likeness (QED) is 0.843. The molecule has 4 heteroatoms. The molecule has 15 heavy (non-hydrogen) atoms. The number of hydrogen-bond acceptors (Lipinski definition) is 3. The van der Waals surface area contributed by atoms with E-state index in [2.05, 4.69) is 15.9 Å². The molecule has 1 aromatic carbocycles. The second-order valence-corrected chi connectivity index (χ2v) is 3.95. The third-order valence-electron chi connectivity index (χ3n) is 1.94. The standard InChI is InChI=1S/C11H11BrO3/c1-2-13-10-6-8(5-9(12)7-10)11-14-3-4-15-11/h3-7,11H,2H2,1H3. The van der Waals surface area contributed by atoms with Crippen LogP contribution in [0.25, 0.3) is 0 Å². The highest BCUT2D eigenvalue weighted by Crippen LogP contribution is 2.30. The molecule has 3 nitrogen and oxygen atoms in total. The highest BCUT2D eigenvalue weighted by atomic mass is 79.9. The predicted octanol–water partition coefficient (Wildman–Crippen LogP) is 3.36. The van der Waals surface area contributed by atoms with E-state index in [4.69, 9.17) is 14.2 Å². The largest absolute Gasteiger partial charge is 0.494 e. The van der Waals surface area contributed by atoms with E-state index in [-0.39, 0.29) is 6.29 Å². The average molecular weight is 271 g/mol. The smallest absolute Gasteiger partial charge is 0.266 e. The molecule has 1 aliphatic rings. The normalized spacial score (nSPS) is 14.8. The summed E-state index contributed by atoms with van der Waals surface area (Å²) in [5.41, 5.74) is 0.929. The van der Waals surface area contributed by atoms with Gasteiger partial charge in [0.15, 0.2) is 0 Å². The zero-order chi connectivity index (χ0) is 10.7. The van der Waals surface area contributed by atoms with E-state index in [9.17, 15) is 0 Å². The Labute approximate surface area is 96.8 Å². The highest BCUT2D eigenvalue weighted by molar-refractivity contribution is 9.10. The Kier molecular flexibility index (Phi) is 3.16. The van der Waals surface area contributed by atoms with Gasteiger partial charge in [0.25, 0.3) is 6.29 Å². The van der Waals surface area contributed by atoms with Crippen molar-refractivity contribution in [2.45, 2.75) is 13.2 Å². The first-order valence-electron chi connectivity index (χ1n) is 4.69. The molecule has 0 radical (unpaired) electrons. The van der Waals surface area contributed by atoms with Crippen LogP contribution < -0.4 is 4.74 Å². The van der Waals surface area contributed by atoms with Gasteiger partial charge in [-0.3, -0.25) is 0 Å². The van der Waals surface area contributed by atoms with Crippen molar-refractivity contribution in [2.24, 2.45) is 0 Å². The molecule has 1 aromatic rings. The molecule has 2 rings (SSSR count). The second-order valence-electron chi connectivity index (χ2n) is 3.03. The maximum atomic E-state index is 5.43. The Morgan fingerprint density at radius 3 is 2.67 bits per heavy atom. The zero-order valence-electron chi connectivity index (χ0n) is 8.27. The second kappa shape index (κ2) is 4.57. The van der Waals surface area contributed by atoms with Crippen molar-refractivity contribution in [2.75, 3.05) is 6.61 Å². The van der Waals surface area contributed by atoms with Gasteiger partial charge in [0.2, 0.25) is 0 Å². The summed E-state index contributed by atoms with van der Waals surface area (Å²) in [5.74, 6) is 0.806. The van der Waals surface area contributed by atoms with Gasteiger partial charge in [0.05, 0.1) is 6.61 Å². The summed E-state index contributed by atoms with van der Waals surface area (Å²) < 4.78 is 16.9. The van der Waals surface area contributed by atoms with Crippen LogP contribution in [-0.4, -0.2) is 6.61 Å². The van der Waals surface area contributed by atoms with Crippen molar-refractivity contribution in [3.63, 3.8) is 0 Å². The lowest BCUT2D eigenvalue weighted by molar-refractivity contribution is -0.0247. The molecule has 0 aliphatic carbocycles. The van der Waals surface area contributed by atoms with E-state index in [0.717, 1.165) is 15.8 Å². The minimum Gasteiger partial charge on any atom is -0.494 e. The molecule has 0 bridgehead atoms. The number of rotatable bonds is 3. The van der Waals surface area contributed by atoms with Crippen molar-refractivity contribution in [1.29, 1.82) is 0 Å². The molecule has 0 atom stereocenters. The summed E-state index contributed by atoms with van der Waals surface area (Å²) in [7, 11) is 0. The van der Waals surface area contributed by atoms with Gasteiger partial charge in [0.1, 0.15) is 18.3 Å². The minimum atomic E-state index is -0.360. The molecule has 1 aliphatic heterocycles. The van der Waals surface area contributed by atoms with Crippen LogP contribution in [-0.2, 0) is 9.47 Å². The molecule has 0 N–H and O–H groups in total. The summed E-state index contributed by atoms with van der Waals surface area (Å²) in [6.07, 6.45) is 2.71. The van der Waals surface area contributed by atoms with Gasteiger partial charge in [-0.15, -0.1) is 0 Å². The average Bonchev–Trinajstić information content (AvgIpc) is 2.70. The van der Waals surface area contributed by atoms with Crippen molar-refractivity contribution in [1.82, 2.24) is 0 Å². The fourth-order valence-corrected chi connectivity index (χ4v) is 1.86. The van der Waals surface area contributed by atoms with Crippen LogP contribution in [0.4, 0.5) is 0 Å². The number of halogens is 1. The Morgan fingerprint density at radius 1 is 1.27 bits per heavy atom. The van der Waals surface area contributed by atoms with Crippen LogP contribution in [0.1, 0.15) is 18.8 Å². The molecule has 1 heterocycles. The van der Waals surface area contributed by atoms with Crippen LogP contribution in [0.3, 0.4) is 0 Å². The first-order chi connectivity index (χ1) is 7.29. The van der Waals surface area contributed by atoms with E-state index in [1.165, 1.54) is 12.5 Å². The van der Waals surface area contributed by atoms with Gasteiger partial charge in [-0.05, 0) is 25.1 Å². The fraction of sp³-hybridized carbons (Fsp3) is 0.273. The van der Waals surface area contributed by atoms with E-state index in [0.29, 0.717) is 6.61 Å². The van der Waals surface area contributed by atoms with Crippen LogP contribution in [0.15, 0.2) is 35.2 Å². The maximum absolute atomic E-state index is 5.43. The topological polar surface area (TPSA) is 27.7 Å². The van der Waals surface area contributed by atoms with E-state index in [1.807, 2.05) is 25.1 Å². The number of hydrogen-bond donors (Lipinski definition) is 0. The van der Waals surface area contributed by atoms with Crippen molar-refractivity contribution >= 4 is 15.9 Å². The summed E-state index contributed by atoms with van der Waals surface area (Å²) in [5, 5.41) is 0. The fourth-order valence-electron chi connectivity index (χ4n) is 1.37. The summed E-state index contributed by atoms with van der Waals surface area (Å²) in [6.45, 7) is 2.59. The summed E-state index contributed by atoms with van der Waals surface area (Å²) >= 11 is 3.42. The lowest BCUT2D eigenvalue weighted by Crippen LogP contribution is -1.99. The molecule has 0 saturated heterocycles. The van der Waals surface area contributed by atoms with Gasteiger partial charge >= 0.3 is 0 Å². The van der Waals surface area contributed by atoms with Crippen molar-refractivity contribution in [3.8, 4) is 5.75 Å². The third-order valence-corrected chi connectivity index (χ3v) is 2.39. The number of ether oxygens (including phenoxy) is 3. The molecule has 0 unspecified atom stereocenters. The first kappa shape index (κ1) is 10.4. The van der Waals surface area contributed by atoms with Crippen LogP contribution >= 0.6 is 15.9 Å². The van der Waals surface area contributed by atoms with Gasteiger partial charge < -0.3 is 14.2 Å². The van der Waals surface area contributed by atoms with Gasteiger partial charge in [-0.25, -0.2) is 0 Å². The summed E-state index contributed by atoms with van der Waals surface area (Å²) in [6, 6.07) is 5.77.